The first-order chi connectivity index (χ1) is 15.1. The minimum Gasteiger partial charge on any atom is -0.494 e. The number of fused-ring (bicyclic) bond motifs is 1. The number of pyridine rings is 1. The van der Waals surface area contributed by atoms with E-state index in [-0.39, 0.29) is 6.03 Å². The Morgan fingerprint density at radius 2 is 1.71 bits per heavy atom. The van der Waals surface area contributed by atoms with E-state index in [2.05, 4.69) is 58.9 Å². The highest BCUT2D eigenvalue weighted by molar-refractivity contribution is 5.98. The number of anilines is 1. The second-order valence-corrected chi connectivity index (χ2v) is 7.32. The normalized spacial score (nSPS) is 10.6. The topological polar surface area (TPSA) is 63.2 Å². The molecule has 0 aliphatic rings. The van der Waals surface area contributed by atoms with Gasteiger partial charge in [0, 0.05) is 30.0 Å². The van der Waals surface area contributed by atoms with Gasteiger partial charge in [0.25, 0.3) is 0 Å². The molecule has 2 amide bonds. The molecule has 0 aliphatic carbocycles. The third kappa shape index (κ3) is 4.83. The summed E-state index contributed by atoms with van der Waals surface area (Å²) in [4.78, 5) is 16.7. The van der Waals surface area contributed by atoms with Crippen molar-refractivity contribution >= 4 is 22.5 Å². The number of rotatable bonds is 6. The van der Waals surface area contributed by atoms with Gasteiger partial charge in [-0.05, 0) is 66.3 Å². The van der Waals surface area contributed by atoms with Crippen LogP contribution in [0.5, 0.6) is 5.75 Å². The van der Waals surface area contributed by atoms with Crippen molar-refractivity contribution in [2.75, 3.05) is 11.9 Å². The molecule has 2 N–H and O–H groups in total. The fourth-order valence-corrected chi connectivity index (χ4v) is 3.54. The predicted molar refractivity (Wildman–Crippen MR) is 125 cm³/mol. The van der Waals surface area contributed by atoms with Gasteiger partial charge in [-0.2, -0.15) is 0 Å². The van der Waals surface area contributed by atoms with Crippen molar-refractivity contribution in [3.63, 3.8) is 0 Å². The summed E-state index contributed by atoms with van der Waals surface area (Å²) in [6, 6.07) is 21.7. The molecule has 5 nitrogen and oxygen atoms in total. The van der Waals surface area contributed by atoms with Crippen LogP contribution in [0.25, 0.3) is 21.9 Å². The number of carbonyl (C=O) groups is 1. The zero-order valence-electron chi connectivity index (χ0n) is 17.7. The first-order valence-corrected chi connectivity index (χ1v) is 10.3. The summed E-state index contributed by atoms with van der Waals surface area (Å²) in [6.07, 6.45) is 3.66. The van der Waals surface area contributed by atoms with Gasteiger partial charge >= 0.3 is 6.03 Å². The van der Waals surface area contributed by atoms with E-state index in [1.165, 1.54) is 5.56 Å². The van der Waals surface area contributed by atoms with Crippen LogP contribution in [0.2, 0.25) is 0 Å². The van der Waals surface area contributed by atoms with Crippen LogP contribution in [0.4, 0.5) is 10.5 Å². The highest BCUT2D eigenvalue weighted by atomic mass is 16.5. The molecule has 3 aromatic carbocycles. The van der Waals surface area contributed by atoms with Crippen LogP contribution < -0.4 is 15.4 Å². The van der Waals surface area contributed by atoms with Crippen molar-refractivity contribution in [1.29, 1.82) is 0 Å². The molecule has 0 fully saturated rings. The Labute approximate surface area is 182 Å². The number of urea groups is 1. The maximum atomic E-state index is 12.4. The molecule has 0 aliphatic heterocycles. The van der Waals surface area contributed by atoms with Gasteiger partial charge < -0.3 is 15.4 Å². The predicted octanol–water partition coefficient (Wildman–Crippen LogP) is 5.93. The minimum atomic E-state index is -0.260. The average Bonchev–Trinajstić information content (AvgIpc) is 2.79. The lowest BCUT2D eigenvalue weighted by Gasteiger charge is -2.13. The number of aryl methyl sites for hydroxylation is 1. The Hall–Kier alpha value is -3.86. The van der Waals surface area contributed by atoms with E-state index in [9.17, 15) is 4.79 Å². The Balaban J connectivity index is 1.49. The molecule has 0 saturated carbocycles. The van der Waals surface area contributed by atoms with Gasteiger partial charge in [0.2, 0.25) is 0 Å². The maximum Gasteiger partial charge on any atom is 0.319 e. The molecular formula is C26H25N3O2. The number of hydrogen-bond donors (Lipinski definition) is 2. The summed E-state index contributed by atoms with van der Waals surface area (Å²) in [7, 11) is 0. The molecule has 0 unspecified atom stereocenters. The number of nitrogens with one attached hydrogen (secondary N) is 2. The monoisotopic (exact) mass is 411 g/mol. The molecular weight excluding hydrogens is 386 g/mol. The van der Waals surface area contributed by atoms with Crippen molar-refractivity contribution in [3.8, 4) is 16.9 Å². The van der Waals surface area contributed by atoms with Gasteiger partial charge in [-0.3, -0.25) is 4.98 Å². The molecule has 0 spiro atoms. The van der Waals surface area contributed by atoms with Gasteiger partial charge in [0.05, 0.1) is 6.61 Å². The van der Waals surface area contributed by atoms with Gasteiger partial charge in [-0.15, -0.1) is 0 Å². The first-order valence-electron chi connectivity index (χ1n) is 10.3. The summed E-state index contributed by atoms with van der Waals surface area (Å²) in [5, 5.41) is 7.93. The van der Waals surface area contributed by atoms with Gasteiger partial charge in [0.1, 0.15) is 5.75 Å². The SMILES string of the molecule is CCOc1ccc(NC(=O)NCc2ccc(-c3ccc(C)cc3)c3ccncc23)cc1. The van der Waals surface area contributed by atoms with E-state index in [4.69, 9.17) is 4.74 Å². The Morgan fingerprint density at radius 3 is 2.45 bits per heavy atom. The molecule has 4 rings (SSSR count). The van der Waals surface area contributed by atoms with Gasteiger partial charge in [-0.25, -0.2) is 4.79 Å². The molecule has 1 heterocycles. The number of ether oxygens (including phenoxy) is 1. The molecule has 4 aromatic rings. The quantitative estimate of drug-likeness (QED) is 0.413. The van der Waals surface area contributed by atoms with Crippen LogP contribution in [0.1, 0.15) is 18.1 Å². The number of aromatic nitrogens is 1. The molecule has 156 valence electrons. The molecule has 0 atom stereocenters. The lowest BCUT2D eigenvalue weighted by Crippen LogP contribution is -2.28. The number of hydrogen-bond acceptors (Lipinski definition) is 3. The fourth-order valence-electron chi connectivity index (χ4n) is 3.54. The molecule has 0 radical (unpaired) electrons. The largest absolute Gasteiger partial charge is 0.494 e. The number of carbonyl (C=O) groups excluding carboxylic acids is 1. The van der Waals surface area contributed by atoms with Crippen LogP contribution in [0.15, 0.2) is 79.1 Å². The second kappa shape index (κ2) is 9.30. The van der Waals surface area contributed by atoms with Gasteiger partial charge in [-0.1, -0.05) is 42.0 Å². The summed E-state index contributed by atoms with van der Waals surface area (Å²) < 4.78 is 5.43. The van der Waals surface area contributed by atoms with E-state index in [1.54, 1.807) is 6.20 Å². The Kier molecular flexibility index (Phi) is 6.13. The summed E-state index contributed by atoms with van der Waals surface area (Å²) in [5.41, 5.74) is 5.27. The van der Waals surface area contributed by atoms with Crippen LogP contribution in [0.3, 0.4) is 0 Å². The molecule has 0 saturated heterocycles. The van der Waals surface area contributed by atoms with Gasteiger partial charge in [0.15, 0.2) is 0 Å². The summed E-state index contributed by atoms with van der Waals surface area (Å²) in [6.45, 7) is 5.03. The molecule has 31 heavy (non-hydrogen) atoms. The number of benzene rings is 3. The Bertz CT molecular complexity index is 1190. The molecule has 1 aromatic heterocycles. The second-order valence-electron chi connectivity index (χ2n) is 7.32. The number of nitrogens with zero attached hydrogens (tertiary/aromatic N) is 1. The van der Waals surface area contributed by atoms with E-state index < -0.39 is 0 Å². The van der Waals surface area contributed by atoms with E-state index >= 15 is 0 Å². The smallest absolute Gasteiger partial charge is 0.319 e. The van der Waals surface area contributed by atoms with E-state index in [1.807, 2.05) is 43.5 Å². The van der Waals surface area contributed by atoms with E-state index in [0.29, 0.717) is 18.8 Å². The zero-order valence-corrected chi connectivity index (χ0v) is 17.7. The standard InChI is InChI=1S/C26H25N3O2/c1-3-31-22-11-9-21(10-12-22)29-26(30)28-16-20-8-13-23(19-6-4-18(2)5-7-19)24-14-15-27-17-25(20)24/h4-15,17H,3,16H2,1-2H3,(H2,28,29,30). The van der Waals surface area contributed by atoms with Crippen molar-refractivity contribution in [2.45, 2.75) is 20.4 Å². The highest BCUT2D eigenvalue weighted by Crippen LogP contribution is 2.30. The minimum absolute atomic E-state index is 0.260. The van der Waals surface area contributed by atoms with Crippen molar-refractivity contribution in [1.82, 2.24) is 10.3 Å². The summed E-state index contributed by atoms with van der Waals surface area (Å²) >= 11 is 0. The number of amides is 2. The lowest BCUT2D eigenvalue weighted by atomic mass is 9.96. The third-order valence-corrected chi connectivity index (χ3v) is 5.13. The van der Waals surface area contributed by atoms with Crippen LogP contribution >= 0.6 is 0 Å². The third-order valence-electron chi connectivity index (χ3n) is 5.13. The fraction of sp³-hybridized carbons (Fsp3) is 0.154. The highest BCUT2D eigenvalue weighted by Gasteiger charge is 2.09. The molecule has 5 heteroatoms. The molecule has 0 bridgehead atoms. The Morgan fingerprint density at radius 1 is 0.935 bits per heavy atom. The van der Waals surface area contributed by atoms with Crippen LogP contribution in [-0.4, -0.2) is 17.6 Å². The van der Waals surface area contributed by atoms with Crippen LogP contribution in [0, 0.1) is 6.92 Å². The average molecular weight is 412 g/mol. The first kappa shape index (κ1) is 20.4. The maximum absolute atomic E-state index is 12.4. The summed E-state index contributed by atoms with van der Waals surface area (Å²) in [5.74, 6) is 0.779. The zero-order chi connectivity index (χ0) is 21.6. The lowest BCUT2D eigenvalue weighted by molar-refractivity contribution is 0.252. The van der Waals surface area contributed by atoms with Crippen molar-refractivity contribution in [3.05, 3.63) is 90.3 Å². The van der Waals surface area contributed by atoms with Crippen LogP contribution in [-0.2, 0) is 6.54 Å². The van der Waals surface area contributed by atoms with E-state index in [0.717, 1.165) is 33.2 Å². The van der Waals surface area contributed by atoms with Crippen molar-refractivity contribution < 1.29 is 9.53 Å². The van der Waals surface area contributed by atoms with Crippen molar-refractivity contribution in [2.24, 2.45) is 0 Å².